The average Bonchev–Trinajstić information content (AvgIpc) is 3.69. The van der Waals surface area contributed by atoms with Crippen molar-refractivity contribution in [1.29, 1.82) is 0 Å². The minimum atomic E-state index is 0.0894. The third-order valence-electron chi connectivity index (χ3n) is 7.65. The molecule has 2 atom stereocenters. The molecular formula is C37H34N4. The summed E-state index contributed by atoms with van der Waals surface area (Å²) in [6.45, 7) is 5.98. The lowest BCUT2D eigenvalue weighted by molar-refractivity contribution is 0.309. The van der Waals surface area contributed by atoms with Gasteiger partial charge in [-0.2, -0.15) is 10.2 Å². The fourth-order valence-electron chi connectivity index (χ4n) is 5.65. The summed E-state index contributed by atoms with van der Waals surface area (Å²) in [5.74, 6) is 0. The van der Waals surface area contributed by atoms with E-state index in [1.807, 2.05) is 37.3 Å². The molecule has 4 aromatic carbocycles. The molecule has 0 aromatic heterocycles. The Hall–Kier alpha value is -4.96. The molecule has 4 aromatic rings. The molecule has 0 radical (unpaired) electrons. The van der Waals surface area contributed by atoms with E-state index in [1.54, 1.807) is 0 Å². The van der Waals surface area contributed by atoms with Gasteiger partial charge in [0.15, 0.2) is 0 Å². The van der Waals surface area contributed by atoms with Crippen molar-refractivity contribution < 1.29 is 0 Å². The van der Waals surface area contributed by atoms with E-state index >= 15 is 0 Å². The molecule has 4 nitrogen and oxygen atoms in total. The molecule has 6 rings (SSSR count). The number of benzene rings is 4. The Morgan fingerprint density at radius 3 is 1.76 bits per heavy atom. The summed E-state index contributed by atoms with van der Waals surface area (Å²) in [4.78, 5) is 0. The predicted octanol–water partition coefficient (Wildman–Crippen LogP) is 8.84. The third-order valence-corrected chi connectivity index (χ3v) is 7.65. The molecule has 2 heterocycles. The van der Waals surface area contributed by atoms with Gasteiger partial charge in [-0.3, -0.25) is 10.0 Å². The first-order valence-electron chi connectivity index (χ1n) is 14.2. The number of anilines is 1. The summed E-state index contributed by atoms with van der Waals surface area (Å²) < 4.78 is 0. The van der Waals surface area contributed by atoms with Gasteiger partial charge < -0.3 is 0 Å². The van der Waals surface area contributed by atoms with E-state index in [0.29, 0.717) is 0 Å². The first-order valence-corrected chi connectivity index (χ1v) is 14.2. The van der Waals surface area contributed by atoms with Crippen LogP contribution in [0, 0.1) is 0 Å². The van der Waals surface area contributed by atoms with Crippen LogP contribution < -0.4 is 5.01 Å². The summed E-state index contributed by atoms with van der Waals surface area (Å²) >= 11 is 0. The number of allylic oxidation sites excluding steroid dienone is 4. The largest absolute Gasteiger partial charge is 0.257 e. The van der Waals surface area contributed by atoms with Gasteiger partial charge in [0.2, 0.25) is 0 Å². The van der Waals surface area contributed by atoms with Gasteiger partial charge in [0.25, 0.3) is 0 Å². The fourth-order valence-corrected chi connectivity index (χ4v) is 5.65. The lowest BCUT2D eigenvalue weighted by Crippen LogP contribution is -2.20. The molecule has 0 spiro atoms. The van der Waals surface area contributed by atoms with Crippen molar-refractivity contribution in [2.24, 2.45) is 10.2 Å². The second kappa shape index (κ2) is 12.1. The molecule has 2 aliphatic rings. The maximum absolute atomic E-state index is 5.10. The fraction of sp³-hybridized carbons (Fsp3) is 0.135. The second-order valence-electron chi connectivity index (χ2n) is 10.3. The number of rotatable bonds is 8. The van der Waals surface area contributed by atoms with Crippen LogP contribution in [-0.2, 0) is 0 Å². The van der Waals surface area contributed by atoms with Crippen LogP contribution in [0.25, 0.3) is 0 Å². The third kappa shape index (κ3) is 5.55. The normalized spacial score (nSPS) is 19.0. The molecule has 2 unspecified atom stereocenters. The maximum Gasteiger partial charge on any atom is 0.0831 e. The minimum Gasteiger partial charge on any atom is -0.257 e. The van der Waals surface area contributed by atoms with E-state index in [1.165, 1.54) is 16.7 Å². The second-order valence-corrected chi connectivity index (χ2v) is 10.3. The quantitative estimate of drug-likeness (QED) is 0.211. The van der Waals surface area contributed by atoms with Crippen LogP contribution in [0.3, 0.4) is 0 Å². The zero-order chi connectivity index (χ0) is 28.0. The van der Waals surface area contributed by atoms with Crippen LogP contribution in [0.5, 0.6) is 0 Å². The maximum atomic E-state index is 5.10. The monoisotopic (exact) mass is 534 g/mol. The van der Waals surface area contributed by atoms with Crippen LogP contribution in [0.4, 0.5) is 5.69 Å². The van der Waals surface area contributed by atoms with Crippen LogP contribution in [0.2, 0.25) is 0 Å². The van der Waals surface area contributed by atoms with Gasteiger partial charge in [0, 0.05) is 12.8 Å². The molecule has 0 amide bonds. The van der Waals surface area contributed by atoms with Gasteiger partial charge in [0.05, 0.1) is 34.9 Å². The Morgan fingerprint density at radius 2 is 1.20 bits per heavy atom. The Bertz CT molecular complexity index is 1600. The van der Waals surface area contributed by atoms with Crippen LogP contribution in [0.1, 0.15) is 54.1 Å². The van der Waals surface area contributed by atoms with Gasteiger partial charge in [-0.05, 0) is 53.5 Å². The SMILES string of the molecule is C=C/C=C(\C=C/C)N1N=C(c2ccccc2)CC1c1ccc(C2CC(c3ccccc3)=NN2c2ccccc2)cc1. The summed E-state index contributed by atoms with van der Waals surface area (Å²) in [6.07, 6.45) is 9.68. The lowest BCUT2D eigenvalue weighted by Gasteiger charge is -2.26. The summed E-state index contributed by atoms with van der Waals surface area (Å²) in [5, 5.41) is 14.5. The van der Waals surface area contributed by atoms with Crippen molar-refractivity contribution in [3.05, 3.63) is 174 Å². The highest BCUT2D eigenvalue weighted by Crippen LogP contribution is 2.39. The highest BCUT2D eigenvalue weighted by molar-refractivity contribution is 6.03. The molecule has 2 aliphatic heterocycles. The molecule has 0 N–H and O–H groups in total. The molecule has 0 saturated heterocycles. The van der Waals surface area contributed by atoms with Crippen molar-refractivity contribution in [3.8, 4) is 0 Å². The molecular weight excluding hydrogens is 500 g/mol. The molecule has 0 saturated carbocycles. The van der Waals surface area contributed by atoms with E-state index in [9.17, 15) is 0 Å². The minimum absolute atomic E-state index is 0.0894. The van der Waals surface area contributed by atoms with E-state index in [2.05, 4.69) is 126 Å². The predicted molar refractivity (Wildman–Crippen MR) is 171 cm³/mol. The lowest BCUT2D eigenvalue weighted by atomic mass is 9.94. The van der Waals surface area contributed by atoms with Crippen molar-refractivity contribution in [1.82, 2.24) is 5.01 Å². The van der Waals surface area contributed by atoms with Crippen LogP contribution in [-0.4, -0.2) is 16.4 Å². The Kier molecular flexibility index (Phi) is 7.72. The molecule has 0 aliphatic carbocycles. The summed E-state index contributed by atoms with van der Waals surface area (Å²) in [7, 11) is 0. The topological polar surface area (TPSA) is 31.2 Å². The van der Waals surface area contributed by atoms with E-state index in [0.717, 1.165) is 41.2 Å². The molecule has 41 heavy (non-hydrogen) atoms. The standard InChI is InChI=1S/C37H34N4/c1-3-14-32(15-4-2)40-36(26-34(38-40)28-16-8-5-9-17-28)30-22-24-31(25-23-30)37-27-35(29-18-10-6-11-19-29)39-41(37)33-20-12-7-13-21-33/h3-25,36-37H,1,26-27H2,2H3/b15-4-,32-14+. The summed E-state index contributed by atoms with van der Waals surface area (Å²) in [6, 6.07) is 40.7. The number of hydrogen-bond donors (Lipinski definition) is 0. The van der Waals surface area contributed by atoms with Crippen molar-refractivity contribution in [2.45, 2.75) is 31.8 Å². The number of hydrogen-bond acceptors (Lipinski definition) is 4. The number of para-hydroxylation sites is 1. The van der Waals surface area contributed by atoms with Crippen molar-refractivity contribution in [3.63, 3.8) is 0 Å². The highest BCUT2D eigenvalue weighted by Gasteiger charge is 2.32. The number of hydrazone groups is 2. The van der Waals surface area contributed by atoms with Gasteiger partial charge >= 0.3 is 0 Å². The van der Waals surface area contributed by atoms with Gasteiger partial charge in [-0.1, -0.05) is 122 Å². The first kappa shape index (κ1) is 26.3. The number of nitrogens with zero attached hydrogens (tertiary/aromatic N) is 4. The Balaban J connectivity index is 1.32. The molecule has 202 valence electrons. The Labute approximate surface area is 243 Å². The van der Waals surface area contributed by atoms with Gasteiger partial charge in [-0.25, -0.2) is 0 Å². The van der Waals surface area contributed by atoms with E-state index < -0.39 is 0 Å². The first-order chi connectivity index (χ1) is 20.2. The molecule has 0 bridgehead atoms. The molecule has 4 heteroatoms. The van der Waals surface area contributed by atoms with E-state index in [-0.39, 0.29) is 12.1 Å². The summed E-state index contributed by atoms with van der Waals surface area (Å²) in [5.41, 5.74) is 9.13. The van der Waals surface area contributed by atoms with Crippen molar-refractivity contribution >= 4 is 17.1 Å². The van der Waals surface area contributed by atoms with Crippen LogP contribution >= 0.6 is 0 Å². The van der Waals surface area contributed by atoms with E-state index in [4.69, 9.17) is 10.2 Å². The van der Waals surface area contributed by atoms with Gasteiger partial charge in [-0.15, -0.1) is 0 Å². The zero-order valence-electron chi connectivity index (χ0n) is 23.3. The average molecular weight is 535 g/mol. The van der Waals surface area contributed by atoms with Crippen LogP contribution in [0.15, 0.2) is 162 Å². The zero-order valence-corrected chi connectivity index (χ0v) is 23.3. The highest BCUT2D eigenvalue weighted by atomic mass is 15.5. The molecule has 0 fully saturated rings. The van der Waals surface area contributed by atoms with Crippen molar-refractivity contribution in [2.75, 3.05) is 5.01 Å². The smallest absolute Gasteiger partial charge is 0.0831 e. The Morgan fingerprint density at radius 1 is 0.683 bits per heavy atom. The van der Waals surface area contributed by atoms with Gasteiger partial charge in [0.1, 0.15) is 0 Å².